The number of esters is 1. The predicted octanol–water partition coefficient (Wildman–Crippen LogP) is 2.21. The van der Waals surface area contributed by atoms with Crippen LogP contribution in [0.3, 0.4) is 0 Å². The summed E-state index contributed by atoms with van der Waals surface area (Å²) in [6.45, 7) is 4.84. The molecule has 0 aliphatic carbocycles. The number of carbonyl (C=O) groups excluding carboxylic acids is 2. The van der Waals surface area contributed by atoms with Gasteiger partial charge in [0.1, 0.15) is 5.75 Å². The van der Waals surface area contributed by atoms with Gasteiger partial charge in [0.15, 0.2) is 11.4 Å². The van der Waals surface area contributed by atoms with Crippen molar-refractivity contribution in [2.45, 2.75) is 13.0 Å². The molecule has 0 bridgehead atoms. The molecule has 40 heavy (non-hydrogen) atoms. The molecule has 9 nitrogen and oxygen atoms in total. The summed E-state index contributed by atoms with van der Waals surface area (Å²) < 4.78 is 12.7. The third-order valence-electron chi connectivity index (χ3n) is 7.01. The highest BCUT2D eigenvalue weighted by molar-refractivity contribution is 7.07. The van der Waals surface area contributed by atoms with Crippen molar-refractivity contribution >= 4 is 40.9 Å². The van der Waals surface area contributed by atoms with E-state index in [4.69, 9.17) is 21.1 Å². The molecule has 208 valence electrons. The number of benzene rings is 2. The van der Waals surface area contributed by atoms with E-state index in [1.165, 1.54) is 23.0 Å². The van der Waals surface area contributed by atoms with Gasteiger partial charge >= 0.3 is 5.97 Å². The first-order chi connectivity index (χ1) is 19.2. The number of hydrogen-bond acceptors (Lipinski definition) is 8. The van der Waals surface area contributed by atoms with Crippen molar-refractivity contribution in [1.82, 2.24) is 14.4 Å². The first kappa shape index (κ1) is 27.8. The van der Waals surface area contributed by atoms with Gasteiger partial charge in [0.2, 0.25) is 0 Å². The second-order valence-electron chi connectivity index (χ2n) is 9.67. The van der Waals surface area contributed by atoms with Gasteiger partial charge in [-0.15, -0.1) is 0 Å². The number of thiazole rings is 1. The minimum absolute atomic E-state index is 0.0196. The molecule has 2 aliphatic rings. The third kappa shape index (κ3) is 5.74. The van der Waals surface area contributed by atoms with Gasteiger partial charge in [0, 0.05) is 31.2 Å². The minimum atomic E-state index is -0.697. The summed E-state index contributed by atoms with van der Waals surface area (Å²) in [7, 11) is 3.35. The van der Waals surface area contributed by atoms with Gasteiger partial charge in [-0.25, -0.2) is 9.79 Å². The van der Waals surface area contributed by atoms with Crippen molar-refractivity contribution in [1.29, 1.82) is 0 Å². The van der Waals surface area contributed by atoms with Crippen LogP contribution in [0.5, 0.6) is 5.75 Å². The zero-order valence-electron chi connectivity index (χ0n) is 22.4. The van der Waals surface area contributed by atoms with Crippen molar-refractivity contribution in [3.05, 3.63) is 95.6 Å². The number of hydrogen-bond donors (Lipinski definition) is 0. The Bertz CT molecular complexity index is 1640. The summed E-state index contributed by atoms with van der Waals surface area (Å²) >= 11 is 7.34. The largest absolute Gasteiger partial charge is 0.484 e. The molecule has 1 amide bonds. The van der Waals surface area contributed by atoms with Crippen molar-refractivity contribution < 1.29 is 19.1 Å². The molecular weight excluding hydrogens is 552 g/mol. The van der Waals surface area contributed by atoms with Crippen LogP contribution >= 0.6 is 22.9 Å². The molecule has 0 saturated carbocycles. The van der Waals surface area contributed by atoms with Gasteiger partial charge in [0.25, 0.3) is 11.5 Å². The molecule has 1 atom stereocenters. The Labute approximate surface area is 240 Å². The quantitative estimate of drug-likeness (QED) is 0.415. The van der Waals surface area contributed by atoms with Crippen LogP contribution in [0.25, 0.3) is 6.08 Å². The van der Waals surface area contributed by atoms with Crippen LogP contribution in [0.4, 0.5) is 0 Å². The average molecular weight is 581 g/mol. The summed E-state index contributed by atoms with van der Waals surface area (Å²) in [5.74, 6) is -0.00510. The standard InChI is InChI=1S/C29H29ClN4O5S/c1-18-25(28(37)38-3)26(20-6-8-21(30)9-7-20)34-27(36)23(40-29(34)31-18)16-19-4-10-22(11-5-19)39-17-24(35)33-14-12-32(2)13-15-33/h4-11,16,26H,12-15,17H2,1-3H3/b23-16-. The summed E-state index contributed by atoms with van der Waals surface area (Å²) in [6.07, 6.45) is 1.78. The number of amides is 1. The lowest BCUT2D eigenvalue weighted by molar-refractivity contribution is -0.137. The van der Waals surface area contributed by atoms with Gasteiger partial charge in [-0.1, -0.05) is 47.2 Å². The van der Waals surface area contributed by atoms with Crippen molar-refractivity contribution in [3.63, 3.8) is 0 Å². The lowest BCUT2D eigenvalue weighted by Crippen LogP contribution is -2.48. The maximum Gasteiger partial charge on any atom is 0.338 e. The zero-order valence-corrected chi connectivity index (χ0v) is 24.0. The molecule has 2 aliphatic heterocycles. The third-order valence-corrected chi connectivity index (χ3v) is 8.24. The van der Waals surface area contributed by atoms with Crippen molar-refractivity contribution in [3.8, 4) is 5.75 Å². The number of aromatic nitrogens is 1. The first-order valence-electron chi connectivity index (χ1n) is 12.8. The fraction of sp³-hybridized carbons (Fsp3) is 0.310. The molecule has 1 saturated heterocycles. The Hall–Kier alpha value is -3.73. The van der Waals surface area contributed by atoms with Crippen LogP contribution in [0.1, 0.15) is 24.1 Å². The normalized spacial score (nSPS) is 17.9. The predicted molar refractivity (Wildman–Crippen MR) is 153 cm³/mol. The highest BCUT2D eigenvalue weighted by Gasteiger charge is 2.33. The van der Waals surface area contributed by atoms with E-state index in [9.17, 15) is 14.4 Å². The monoisotopic (exact) mass is 580 g/mol. The summed E-state index contributed by atoms with van der Waals surface area (Å²) in [4.78, 5) is 47.9. The first-order valence-corrected chi connectivity index (χ1v) is 14.0. The number of piperazine rings is 1. The van der Waals surface area contributed by atoms with Crippen LogP contribution in [0, 0.1) is 0 Å². The SMILES string of the molecule is COC(=O)C1=C(C)N=c2s/c(=C\c3ccc(OCC(=O)N4CCN(C)CC4)cc3)c(=O)n2C1c1ccc(Cl)cc1. The van der Waals surface area contributed by atoms with E-state index in [-0.39, 0.29) is 18.1 Å². The summed E-state index contributed by atoms with van der Waals surface area (Å²) in [5, 5.41) is 0.549. The maximum absolute atomic E-state index is 13.7. The summed E-state index contributed by atoms with van der Waals surface area (Å²) in [6, 6.07) is 13.5. The second kappa shape index (κ2) is 11.8. The molecule has 0 radical (unpaired) electrons. The Morgan fingerprint density at radius 2 is 1.75 bits per heavy atom. The Morgan fingerprint density at radius 3 is 2.40 bits per heavy atom. The molecule has 11 heteroatoms. The van der Waals surface area contributed by atoms with E-state index in [1.807, 2.05) is 24.1 Å². The number of nitrogens with zero attached hydrogens (tertiary/aromatic N) is 4. The minimum Gasteiger partial charge on any atom is -0.484 e. The van der Waals surface area contributed by atoms with Gasteiger partial charge < -0.3 is 19.3 Å². The maximum atomic E-state index is 13.7. The van der Waals surface area contributed by atoms with Crippen LogP contribution in [0.15, 0.2) is 69.6 Å². The lowest BCUT2D eigenvalue weighted by atomic mass is 9.96. The van der Waals surface area contributed by atoms with E-state index in [1.54, 1.807) is 49.4 Å². The van der Waals surface area contributed by atoms with E-state index in [0.29, 0.717) is 44.5 Å². The van der Waals surface area contributed by atoms with Gasteiger partial charge in [0.05, 0.1) is 29.0 Å². The number of carbonyl (C=O) groups is 2. The second-order valence-corrected chi connectivity index (χ2v) is 11.1. The molecule has 2 aromatic carbocycles. The summed E-state index contributed by atoms with van der Waals surface area (Å²) in [5.41, 5.74) is 2.04. The number of ether oxygens (including phenoxy) is 2. The van der Waals surface area contributed by atoms with Gasteiger partial charge in [-0.05, 0) is 55.4 Å². The molecule has 3 heterocycles. The number of fused-ring (bicyclic) bond motifs is 1. The van der Waals surface area contributed by atoms with Gasteiger partial charge in [-0.3, -0.25) is 14.2 Å². The van der Waals surface area contributed by atoms with Gasteiger partial charge in [-0.2, -0.15) is 0 Å². The van der Waals surface area contributed by atoms with E-state index in [0.717, 1.165) is 24.2 Å². The Kier molecular flexibility index (Phi) is 8.20. The highest BCUT2D eigenvalue weighted by atomic mass is 35.5. The van der Waals surface area contributed by atoms with Crippen molar-refractivity contribution in [2.75, 3.05) is 46.9 Å². The smallest absolute Gasteiger partial charge is 0.338 e. The molecule has 5 rings (SSSR count). The Balaban J connectivity index is 1.40. The molecule has 3 aromatic rings. The van der Waals surface area contributed by atoms with Crippen LogP contribution in [0.2, 0.25) is 5.02 Å². The van der Waals surface area contributed by atoms with Crippen LogP contribution in [-0.2, 0) is 14.3 Å². The number of rotatable bonds is 6. The number of halogens is 1. The molecular formula is C29H29ClN4O5S. The fourth-order valence-corrected chi connectivity index (χ4v) is 5.93. The van der Waals surface area contributed by atoms with E-state index < -0.39 is 12.0 Å². The number of methoxy groups -OCH3 is 1. The van der Waals surface area contributed by atoms with E-state index in [2.05, 4.69) is 9.89 Å². The average Bonchev–Trinajstić information content (AvgIpc) is 3.26. The number of allylic oxidation sites excluding steroid dienone is 1. The molecule has 0 N–H and O–H groups in total. The molecule has 1 aromatic heterocycles. The lowest BCUT2D eigenvalue weighted by Gasteiger charge is -2.32. The topological polar surface area (TPSA) is 93.4 Å². The highest BCUT2D eigenvalue weighted by Crippen LogP contribution is 2.31. The van der Waals surface area contributed by atoms with E-state index >= 15 is 0 Å². The van der Waals surface area contributed by atoms with Crippen molar-refractivity contribution in [2.24, 2.45) is 4.99 Å². The Morgan fingerprint density at radius 1 is 1.07 bits per heavy atom. The molecule has 0 spiro atoms. The fourth-order valence-electron chi connectivity index (χ4n) is 4.76. The molecule has 1 unspecified atom stereocenters. The number of likely N-dealkylation sites (N-methyl/N-ethyl adjacent to an activating group) is 1. The van der Waals surface area contributed by atoms with Crippen LogP contribution in [-0.4, -0.2) is 73.2 Å². The zero-order chi connectivity index (χ0) is 28.4. The van der Waals surface area contributed by atoms with Crippen LogP contribution < -0.4 is 19.6 Å². The molecule has 1 fully saturated rings.